The van der Waals surface area contributed by atoms with Gasteiger partial charge in [-0.15, -0.1) is 0 Å². The molecule has 0 unspecified atom stereocenters. The summed E-state index contributed by atoms with van der Waals surface area (Å²) in [5.74, 6) is -0.163. The van der Waals surface area contributed by atoms with E-state index in [1.54, 1.807) is 18.3 Å². The first-order chi connectivity index (χ1) is 21.7. The number of ether oxygens (including phenoxy) is 1. The number of hydrogen-bond acceptors (Lipinski definition) is 6. The van der Waals surface area contributed by atoms with Crippen LogP contribution in [0.3, 0.4) is 0 Å². The fraction of sp³-hybridized carbons (Fsp3) is 0.412. The van der Waals surface area contributed by atoms with Crippen LogP contribution in [0, 0.1) is 22.6 Å². The van der Waals surface area contributed by atoms with E-state index in [0.29, 0.717) is 52.8 Å². The van der Waals surface area contributed by atoms with Crippen LogP contribution in [0.25, 0.3) is 22.2 Å². The Labute approximate surface area is 266 Å². The molecule has 4 heterocycles. The van der Waals surface area contributed by atoms with Crippen molar-refractivity contribution in [2.24, 2.45) is 5.41 Å². The van der Waals surface area contributed by atoms with Crippen molar-refractivity contribution in [2.45, 2.75) is 75.8 Å². The van der Waals surface area contributed by atoms with Gasteiger partial charge >= 0.3 is 6.61 Å². The van der Waals surface area contributed by atoms with Crippen molar-refractivity contribution in [3.05, 3.63) is 77.1 Å². The molecular weight excluding hydrogens is 615 g/mol. The molecule has 4 aromatic rings. The number of benzene rings is 2. The van der Waals surface area contributed by atoms with Gasteiger partial charge < -0.3 is 14.6 Å². The molecule has 8 nitrogen and oxygen atoms in total. The van der Waals surface area contributed by atoms with Crippen molar-refractivity contribution < 1.29 is 26.9 Å². The number of nitriles is 1. The Morgan fingerprint density at radius 1 is 1.20 bits per heavy atom. The molecule has 0 spiro atoms. The van der Waals surface area contributed by atoms with Crippen molar-refractivity contribution in [2.75, 3.05) is 5.75 Å². The second-order valence-corrected chi connectivity index (χ2v) is 16.1. The average Bonchev–Trinajstić information content (AvgIpc) is 3.47. The number of hydrogen-bond donors (Lipinski definition) is 1. The third-order valence-corrected chi connectivity index (χ3v) is 11.6. The lowest BCUT2D eigenvalue weighted by Gasteiger charge is -2.51. The molecule has 1 fully saturated rings. The van der Waals surface area contributed by atoms with E-state index in [1.807, 2.05) is 44.4 Å². The molecule has 1 aliphatic carbocycles. The fourth-order valence-electron chi connectivity index (χ4n) is 7.50. The SMILES string of the molecule is CC1(C#N)CC(C[S@@](=O)C(C)(C)C)(c2ncc(-c3ccc4nc5n(c4c3)[C@H]3C[C@H]5NC(=O)c4cccc(OC(F)F)c43)cc2F)C1. The fourth-order valence-corrected chi connectivity index (χ4v) is 8.78. The summed E-state index contributed by atoms with van der Waals surface area (Å²) in [5, 5.41) is 12.7. The number of carbonyl (C=O) groups excluding carboxylic acids is 1. The van der Waals surface area contributed by atoms with Crippen molar-refractivity contribution >= 4 is 27.7 Å². The molecule has 2 aliphatic heterocycles. The maximum absolute atomic E-state index is 16.0. The highest BCUT2D eigenvalue weighted by Gasteiger charge is 2.56. The third kappa shape index (κ3) is 4.78. The number of carbonyl (C=O) groups is 1. The van der Waals surface area contributed by atoms with Crippen LogP contribution in [-0.2, 0) is 16.2 Å². The van der Waals surface area contributed by atoms with Gasteiger partial charge in [0.1, 0.15) is 17.4 Å². The van der Waals surface area contributed by atoms with E-state index in [9.17, 15) is 23.0 Å². The lowest BCUT2D eigenvalue weighted by atomic mass is 9.53. The quantitative estimate of drug-likeness (QED) is 0.249. The van der Waals surface area contributed by atoms with E-state index < -0.39 is 50.9 Å². The van der Waals surface area contributed by atoms with Gasteiger partial charge in [0, 0.05) is 49.6 Å². The minimum atomic E-state index is -3.06. The lowest BCUT2D eigenvalue weighted by molar-refractivity contribution is -0.0507. The summed E-state index contributed by atoms with van der Waals surface area (Å²) in [6, 6.07) is 12.8. The average molecular weight is 648 g/mol. The summed E-state index contributed by atoms with van der Waals surface area (Å²) in [6.07, 6.45) is 2.74. The van der Waals surface area contributed by atoms with Crippen LogP contribution < -0.4 is 10.1 Å². The number of fused-ring (bicyclic) bond motifs is 9. The van der Waals surface area contributed by atoms with E-state index in [4.69, 9.17) is 9.72 Å². The van der Waals surface area contributed by atoms with Gasteiger partial charge in [-0.1, -0.05) is 12.1 Å². The van der Waals surface area contributed by atoms with Crippen molar-refractivity contribution in [1.82, 2.24) is 19.9 Å². The first-order valence-corrected chi connectivity index (χ1v) is 16.4. The second kappa shape index (κ2) is 10.4. The molecule has 7 rings (SSSR count). The van der Waals surface area contributed by atoms with Gasteiger partial charge in [-0.3, -0.25) is 14.0 Å². The molecule has 1 saturated carbocycles. The first-order valence-electron chi connectivity index (χ1n) is 15.1. The van der Waals surface area contributed by atoms with Crippen LogP contribution in [0.4, 0.5) is 13.2 Å². The standard InChI is InChI=1S/C34H32F3N5O3S/c1-32(2,3)46(44)17-34(14-33(4,15-34)16-38)28-21(35)10-19(13-39-28)18-8-9-22-24(11-18)42-25-12-23(29(42)40-22)41-30(43)20-6-5-7-26(27(20)25)45-31(36)37/h5-11,13,23,25,31H,12,14-15,17H2,1-4H3,(H,41,43)/t23-,25+,33?,34?,46-/m1/s1. The number of rotatable bonds is 6. The van der Waals surface area contributed by atoms with Crippen molar-refractivity contribution in [3.8, 4) is 22.9 Å². The van der Waals surface area contributed by atoms with E-state index in [2.05, 4.69) is 16.4 Å². The van der Waals surface area contributed by atoms with E-state index in [-0.39, 0.29) is 28.7 Å². The van der Waals surface area contributed by atoms with E-state index >= 15 is 4.39 Å². The Morgan fingerprint density at radius 2 is 1.96 bits per heavy atom. The number of aromatic nitrogens is 3. The van der Waals surface area contributed by atoms with Gasteiger partial charge in [-0.25, -0.2) is 9.37 Å². The molecule has 2 aromatic carbocycles. The Morgan fingerprint density at radius 3 is 2.63 bits per heavy atom. The van der Waals surface area contributed by atoms with Gasteiger partial charge in [-0.05, 0) is 82.9 Å². The van der Waals surface area contributed by atoms with Crippen molar-refractivity contribution in [1.29, 1.82) is 5.26 Å². The number of imidazole rings is 1. The number of alkyl halides is 2. The van der Waals surface area contributed by atoms with E-state index in [0.717, 1.165) is 0 Å². The number of nitrogens with one attached hydrogen (secondary N) is 1. The molecule has 0 radical (unpaired) electrons. The molecule has 238 valence electrons. The monoisotopic (exact) mass is 647 g/mol. The van der Waals surface area contributed by atoms with Gasteiger partial charge in [0.05, 0.1) is 40.3 Å². The molecule has 2 bridgehead atoms. The predicted octanol–water partition coefficient (Wildman–Crippen LogP) is 6.73. The van der Waals surface area contributed by atoms with Crippen LogP contribution in [-0.4, -0.2) is 41.8 Å². The van der Waals surface area contributed by atoms with Crippen molar-refractivity contribution in [3.63, 3.8) is 0 Å². The summed E-state index contributed by atoms with van der Waals surface area (Å²) < 4.78 is 62.3. The predicted molar refractivity (Wildman–Crippen MR) is 166 cm³/mol. The van der Waals surface area contributed by atoms with Crippen LogP contribution in [0.2, 0.25) is 0 Å². The molecule has 3 aliphatic rings. The highest BCUT2D eigenvalue weighted by Crippen LogP contribution is 2.56. The molecule has 2 aromatic heterocycles. The molecule has 1 N–H and O–H groups in total. The zero-order valence-electron chi connectivity index (χ0n) is 25.7. The molecular formula is C34H32F3N5O3S. The number of halogens is 3. The second-order valence-electron chi connectivity index (χ2n) is 13.9. The van der Waals surface area contributed by atoms with Gasteiger partial charge in [0.25, 0.3) is 5.91 Å². The Hall–Kier alpha value is -4.24. The maximum atomic E-state index is 16.0. The van der Waals surface area contributed by atoms with Crippen LogP contribution in [0.15, 0.2) is 48.7 Å². The highest BCUT2D eigenvalue weighted by molar-refractivity contribution is 7.86. The number of amides is 1. The zero-order valence-corrected chi connectivity index (χ0v) is 26.6. The molecule has 0 saturated heterocycles. The topological polar surface area (TPSA) is 110 Å². The lowest BCUT2D eigenvalue weighted by Crippen LogP contribution is -2.53. The van der Waals surface area contributed by atoms with Gasteiger partial charge in [0.15, 0.2) is 0 Å². The molecule has 46 heavy (non-hydrogen) atoms. The Kier molecular flexibility index (Phi) is 6.87. The molecule has 12 heteroatoms. The highest BCUT2D eigenvalue weighted by atomic mass is 32.2. The summed E-state index contributed by atoms with van der Waals surface area (Å²) in [5.41, 5.74) is 1.91. The van der Waals surface area contributed by atoms with E-state index in [1.165, 1.54) is 18.2 Å². The van der Waals surface area contributed by atoms with Gasteiger partial charge in [-0.2, -0.15) is 14.0 Å². The maximum Gasteiger partial charge on any atom is 0.387 e. The zero-order chi connectivity index (χ0) is 32.8. The summed E-state index contributed by atoms with van der Waals surface area (Å²) in [7, 11) is -1.28. The molecule has 1 amide bonds. The summed E-state index contributed by atoms with van der Waals surface area (Å²) >= 11 is 0. The van der Waals surface area contributed by atoms with Crippen LogP contribution in [0.5, 0.6) is 5.75 Å². The van der Waals surface area contributed by atoms with Gasteiger partial charge in [0.2, 0.25) is 0 Å². The smallest absolute Gasteiger partial charge is 0.387 e. The largest absolute Gasteiger partial charge is 0.434 e. The molecule has 3 atom stereocenters. The third-order valence-electron chi connectivity index (χ3n) is 9.46. The normalized spacial score (nSPS) is 25.7. The summed E-state index contributed by atoms with van der Waals surface area (Å²) in [4.78, 5) is 22.4. The minimum Gasteiger partial charge on any atom is -0.434 e. The number of pyridine rings is 1. The van der Waals surface area contributed by atoms with Crippen LogP contribution in [0.1, 0.15) is 86.5 Å². The summed E-state index contributed by atoms with van der Waals surface area (Å²) in [6.45, 7) is 4.41. The Balaban J connectivity index is 1.29. The first kappa shape index (κ1) is 30.4. The Bertz CT molecular complexity index is 1990. The minimum absolute atomic E-state index is 0.0641. The number of nitrogens with zero attached hydrogens (tertiary/aromatic N) is 4. The van der Waals surface area contributed by atoms with Crippen LogP contribution >= 0.6 is 0 Å².